The molecule has 0 saturated heterocycles. The highest BCUT2D eigenvalue weighted by atomic mass is 32.1. The molecule has 4 aromatic rings. The van der Waals surface area contributed by atoms with Gasteiger partial charge in [0, 0.05) is 42.8 Å². The first-order chi connectivity index (χ1) is 10.3. The lowest BCUT2D eigenvalue weighted by molar-refractivity contribution is 0.968. The second kappa shape index (κ2) is 4.75. The molecule has 102 valence electrons. The number of hydrogen-bond acceptors (Lipinski definition) is 5. The SMILES string of the molecule is Cn1ccc2c(-c3nnc(-c4cccnc4)s3)nccc21. The summed E-state index contributed by atoms with van der Waals surface area (Å²) in [7, 11) is 2.02. The zero-order valence-electron chi connectivity index (χ0n) is 11.3. The molecule has 0 fully saturated rings. The molecule has 0 bridgehead atoms. The van der Waals surface area contributed by atoms with Crippen LogP contribution < -0.4 is 0 Å². The number of nitrogens with zero attached hydrogens (tertiary/aromatic N) is 5. The molecule has 0 saturated carbocycles. The Kier molecular flexibility index (Phi) is 2.75. The van der Waals surface area contributed by atoms with E-state index in [4.69, 9.17) is 0 Å². The first kappa shape index (κ1) is 12.2. The van der Waals surface area contributed by atoms with Crippen LogP contribution in [0.3, 0.4) is 0 Å². The van der Waals surface area contributed by atoms with Gasteiger partial charge in [0.25, 0.3) is 0 Å². The molecule has 4 aromatic heterocycles. The summed E-state index contributed by atoms with van der Waals surface area (Å²) in [4.78, 5) is 8.59. The first-order valence-corrected chi connectivity index (χ1v) is 7.29. The van der Waals surface area contributed by atoms with Crippen molar-refractivity contribution in [2.45, 2.75) is 0 Å². The topological polar surface area (TPSA) is 56.5 Å². The Morgan fingerprint density at radius 2 is 1.95 bits per heavy atom. The van der Waals surface area contributed by atoms with Crippen LogP contribution in [0.2, 0.25) is 0 Å². The van der Waals surface area contributed by atoms with E-state index in [9.17, 15) is 0 Å². The summed E-state index contributed by atoms with van der Waals surface area (Å²) in [6.07, 6.45) is 7.38. The summed E-state index contributed by atoms with van der Waals surface area (Å²) in [5, 5.41) is 11.3. The Bertz CT molecular complexity index is 910. The third-order valence-electron chi connectivity index (χ3n) is 3.35. The smallest absolute Gasteiger partial charge is 0.167 e. The van der Waals surface area contributed by atoms with Crippen molar-refractivity contribution < 1.29 is 0 Å². The molecular formula is C15H11N5S. The van der Waals surface area contributed by atoms with Crippen LogP contribution in [0.15, 0.2) is 49.1 Å². The Morgan fingerprint density at radius 1 is 1.05 bits per heavy atom. The van der Waals surface area contributed by atoms with Crippen LogP contribution in [0.25, 0.3) is 32.2 Å². The molecule has 0 atom stereocenters. The van der Waals surface area contributed by atoms with Crippen molar-refractivity contribution in [3.63, 3.8) is 0 Å². The van der Waals surface area contributed by atoms with Gasteiger partial charge in [-0.25, -0.2) is 0 Å². The molecule has 0 radical (unpaired) electrons. The molecule has 0 unspecified atom stereocenters. The molecule has 4 heterocycles. The maximum atomic E-state index is 4.48. The highest BCUT2D eigenvalue weighted by Crippen LogP contribution is 2.32. The molecule has 0 aromatic carbocycles. The van der Waals surface area contributed by atoms with Crippen LogP contribution in [-0.2, 0) is 7.05 Å². The van der Waals surface area contributed by atoms with Crippen molar-refractivity contribution in [2.75, 3.05) is 0 Å². The predicted molar refractivity (Wildman–Crippen MR) is 82.8 cm³/mol. The van der Waals surface area contributed by atoms with Gasteiger partial charge in [-0.3, -0.25) is 9.97 Å². The van der Waals surface area contributed by atoms with E-state index >= 15 is 0 Å². The fourth-order valence-corrected chi connectivity index (χ4v) is 3.14. The van der Waals surface area contributed by atoms with E-state index in [1.165, 1.54) is 11.3 Å². The molecule has 4 rings (SSSR count). The van der Waals surface area contributed by atoms with E-state index in [1.54, 1.807) is 12.4 Å². The Hall–Kier alpha value is -2.60. The van der Waals surface area contributed by atoms with Gasteiger partial charge in [0.15, 0.2) is 5.01 Å². The third kappa shape index (κ3) is 2.00. The van der Waals surface area contributed by atoms with Crippen molar-refractivity contribution in [1.82, 2.24) is 24.7 Å². The van der Waals surface area contributed by atoms with E-state index in [-0.39, 0.29) is 0 Å². The van der Waals surface area contributed by atoms with Crippen LogP contribution in [-0.4, -0.2) is 24.7 Å². The van der Waals surface area contributed by atoms with Crippen LogP contribution >= 0.6 is 11.3 Å². The van der Waals surface area contributed by atoms with Gasteiger partial charge in [0.1, 0.15) is 10.7 Å². The molecule has 21 heavy (non-hydrogen) atoms. The number of hydrogen-bond donors (Lipinski definition) is 0. The Balaban J connectivity index is 1.85. The summed E-state index contributed by atoms with van der Waals surface area (Å²) in [5.41, 5.74) is 2.99. The molecule has 0 aliphatic carbocycles. The van der Waals surface area contributed by atoms with E-state index in [0.29, 0.717) is 0 Å². The lowest BCUT2D eigenvalue weighted by atomic mass is 10.2. The number of aromatic nitrogens is 5. The van der Waals surface area contributed by atoms with E-state index in [1.807, 2.05) is 37.6 Å². The fraction of sp³-hybridized carbons (Fsp3) is 0.0667. The minimum atomic E-state index is 0.825. The maximum Gasteiger partial charge on any atom is 0.167 e. The lowest BCUT2D eigenvalue weighted by Crippen LogP contribution is -1.87. The van der Waals surface area contributed by atoms with Crippen molar-refractivity contribution in [2.24, 2.45) is 7.05 Å². The van der Waals surface area contributed by atoms with Crippen molar-refractivity contribution in [3.8, 4) is 21.3 Å². The predicted octanol–water partition coefficient (Wildman–Crippen LogP) is 3.15. The number of aryl methyl sites for hydroxylation is 1. The normalized spacial score (nSPS) is 11.1. The molecule has 0 aliphatic heterocycles. The van der Waals surface area contributed by atoms with Crippen LogP contribution in [0.4, 0.5) is 0 Å². The molecule has 6 heteroatoms. The molecule has 0 aliphatic rings. The summed E-state index contributed by atoms with van der Waals surface area (Å²) < 4.78 is 2.07. The van der Waals surface area contributed by atoms with Crippen molar-refractivity contribution >= 4 is 22.2 Å². The van der Waals surface area contributed by atoms with Gasteiger partial charge in [-0.2, -0.15) is 0 Å². The standard InChI is InChI=1S/C15H11N5S/c1-20-8-5-11-12(20)4-7-17-13(11)15-19-18-14(21-15)10-3-2-6-16-9-10/h2-9H,1H3. The van der Waals surface area contributed by atoms with Gasteiger partial charge in [0.2, 0.25) is 0 Å². The number of pyridine rings is 2. The average Bonchev–Trinajstić information content (AvgIpc) is 3.16. The number of fused-ring (bicyclic) bond motifs is 1. The highest BCUT2D eigenvalue weighted by molar-refractivity contribution is 7.18. The fourth-order valence-electron chi connectivity index (χ4n) is 2.30. The largest absolute Gasteiger partial charge is 0.350 e. The van der Waals surface area contributed by atoms with Gasteiger partial charge in [-0.15, -0.1) is 10.2 Å². The van der Waals surface area contributed by atoms with E-state index < -0.39 is 0 Å². The molecule has 0 amide bonds. The van der Waals surface area contributed by atoms with Gasteiger partial charge in [-0.1, -0.05) is 11.3 Å². The van der Waals surface area contributed by atoms with Gasteiger partial charge in [-0.05, 0) is 24.3 Å². The van der Waals surface area contributed by atoms with E-state index in [0.717, 1.165) is 32.2 Å². The number of rotatable bonds is 2. The van der Waals surface area contributed by atoms with Crippen LogP contribution in [0.5, 0.6) is 0 Å². The van der Waals surface area contributed by atoms with Crippen molar-refractivity contribution in [3.05, 3.63) is 49.1 Å². The highest BCUT2D eigenvalue weighted by Gasteiger charge is 2.13. The first-order valence-electron chi connectivity index (χ1n) is 6.47. The lowest BCUT2D eigenvalue weighted by Gasteiger charge is -1.99. The van der Waals surface area contributed by atoms with Crippen LogP contribution in [0.1, 0.15) is 0 Å². The van der Waals surface area contributed by atoms with Gasteiger partial charge in [0.05, 0.1) is 5.52 Å². The third-order valence-corrected chi connectivity index (χ3v) is 4.33. The van der Waals surface area contributed by atoms with Gasteiger partial charge >= 0.3 is 0 Å². The van der Waals surface area contributed by atoms with E-state index in [2.05, 4.69) is 30.8 Å². The minimum Gasteiger partial charge on any atom is -0.350 e. The monoisotopic (exact) mass is 293 g/mol. The zero-order valence-corrected chi connectivity index (χ0v) is 12.1. The van der Waals surface area contributed by atoms with Gasteiger partial charge < -0.3 is 4.57 Å². The second-order valence-corrected chi connectivity index (χ2v) is 5.65. The van der Waals surface area contributed by atoms with Crippen molar-refractivity contribution in [1.29, 1.82) is 0 Å². The summed E-state index contributed by atoms with van der Waals surface area (Å²) in [6.45, 7) is 0. The zero-order chi connectivity index (χ0) is 14.2. The molecule has 0 N–H and O–H groups in total. The molecule has 5 nitrogen and oxygen atoms in total. The Morgan fingerprint density at radius 3 is 2.81 bits per heavy atom. The Labute approximate surface area is 124 Å². The molecular weight excluding hydrogens is 282 g/mol. The average molecular weight is 293 g/mol. The molecule has 0 spiro atoms. The van der Waals surface area contributed by atoms with Crippen LogP contribution in [0, 0.1) is 0 Å². The summed E-state index contributed by atoms with van der Waals surface area (Å²) in [6, 6.07) is 7.94. The maximum absolute atomic E-state index is 4.48. The minimum absolute atomic E-state index is 0.825. The quantitative estimate of drug-likeness (QED) is 0.569. The summed E-state index contributed by atoms with van der Waals surface area (Å²) >= 11 is 1.53. The second-order valence-electron chi connectivity index (χ2n) is 4.67. The summed E-state index contributed by atoms with van der Waals surface area (Å²) in [5.74, 6) is 0.